The topological polar surface area (TPSA) is 20.2 Å². The summed E-state index contributed by atoms with van der Waals surface area (Å²) in [5.74, 6) is -0.266. The Hall–Kier alpha value is -1.42. The average Bonchev–Trinajstić information content (AvgIpc) is 2.80. The normalized spacial score (nSPS) is 12.8. The van der Waals surface area contributed by atoms with Crippen LogP contribution in [0.1, 0.15) is 16.5 Å². The fourth-order valence-electron chi connectivity index (χ4n) is 2.00. The largest absolute Gasteiger partial charge is 0.383 e. The number of hydrogen-bond acceptors (Lipinski definition) is 2. The highest BCUT2D eigenvalue weighted by molar-refractivity contribution is 7.19. The van der Waals surface area contributed by atoms with E-state index in [1.54, 1.807) is 24.3 Å². The number of fused-ring (bicyclic) bond motifs is 1. The van der Waals surface area contributed by atoms with E-state index in [2.05, 4.69) is 0 Å². The zero-order chi connectivity index (χ0) is 13.4. The van der Waals surface area contributed by atoms with Gasteiger partial charge in [-0.05, 0) is 41.3 Å². The van der Waals surface area contributed by atoms with Crippen molar-refractivity contribution in [1.29, 1.82) is 0 Å². The molecule has 4 heteroatoms. The zero-order valence-electron chi connectivity index (χ0n) is 9.81. The van der Waals surface area contributed by atoms with E-state index < -0.39 is 6.10 Å². The first kappa shape index (κ1) is 12.6. The van der Waals surface area contributed by atoms with E-state index in [-0.39, 0.29) is 5.82 Å². The van der Waals surface area contributed by atoms with E-state index in [4.69, 9.17) is 11.6 Å². The minimum absolute atomic E-state index is 0.266. The van der Waals surface area contributed by atoms with Gasteiger partial charge in [-0.15, -0.1) is 11.3 Å². The number of rotatable bonds is 2. The van der Waals surface area contributed by atoms with Crippen LogP contribution in [0.2, 0.25) is 5.02 Å². The van der Waals surface area contributed by atoms with Gasteiger partial charge in [0.15, 0.2) is 0 Å². The van der Waals surface area contributed by atoms with Crippen LogP contribution >= 0.6 is 22.9 Å². The van der Waals surface area contributed by atoms with E-state index in [1.165, 1.54) is 23.5 Å². The van der Waals surface area contributed by atoms with Crippen molar-refractivity contribution in [2.45, 2.75) is 6.10 Å². The molecule has 0 bridgehead atoms. The predicted octanol–water partition coefficient (Wildman–Crippen LogP) is 4.78. The molecule has 1 atom stereocenters. The first-order valence-corrected chi connectivity index (χ1v) is 6.95. The van der Waals surface area contributed by atoms with Crippen molar-refractivity contribution in [1.82, 2.24) is 0 Å². The van der Waals surface area contributed by atoms with Crippen molar-refractivity contribution < 1.29 is 9.50 Å². The molecule has 3 aromatic rings. The van der Waals surface area contributed by atoms with Crippen molar-refractivity contribution in [2.24, 2.45) is 0 Å². The van der Waals surface area contributed by atoms with Gasteiger partial charge in [0.05, 0.1) is 0 Å². The van der Waals surface area contributed by atoms with Gasteiger partial charge in [0, 0.05) is 14.6 Å². The van der Waals surface area contributed by atoms with E-state index in [1.807, 2.05) is 12.1 Å². The molecular weight excluding hydrogens is 283 g/mol. The second-order valence-corrected chi connectivity index (χ2v) is 5.84. The maximum atomic E-state index is 13.1. The summed E-state index contributed by atoms with van der Waals surface area (Å²) in [5.41, 5.74) is 0.736. The number of aliphatic hydroxyl groups is 1. The Bertz CT molecular complexity index is 738. The Kier molecular flexibility index (Phi) is 3.27. The first-order chi connectivity index (χ1) is 9.13. The Morgan fingerprint density at radius 1 is 1.11 bits per heavy atom. The molecule has 1 aromatic heterocycles. The molecule has 1 nitrogen and oxygen atoms in total. The summed E-state index contributed by atoms with van der Waals surface area (Å²) < 4.78 is 14.0. The number of thiophene rings is 1. The zero-order valence-corrected chi connectivity index (χ0v) is 11.4. The van der Waals surface area contributed by atoms with Crippen molar-refractivity contribution >= 4 is 33.0 Å². The van der Waals surface area contributed by atoms with Crippen LogP contribution in [0.3, 0.4) is 0 Å². The third-order valence-electron chi connectivity index (χ3n) is 2.94. The Balaban J connectivity index is 2.04. The lowest BCUT2D eigenvalue weighted by molar-refractivity contribution is 0.224. The van der Waals surface area contributed by atoms with Crippen LogP contribution in [0.15, 0.2) is 48.5 Å². The molecule has 0 fully saturated rings. The van der Waals surface area contributed by atoms with Crippen molar-refractivity contribution in [3.05, 3.63) is 69.8 Å². The molecule has 0 saturated carbocycles. The van der Waals surface area contributed by atoms with Crippen molar-refractivity contribution in [3.8, 4) is 0 Å². The second-order valence-electron chi connectivity index (χ2n) is 4.29. The summed E-state index contributed by atoms with van der Waals surface area (Å²) >= 11 is 7.31. The molecule has 19 heavy (non-hydrogen) atoms. The molecule has 3 rings (SSSR count). The quantitative estimate of drug-likeness (QED) is 0.721. The molecule has 0 aliphatic rings. The number of aliphatic hydroxyl groups excluding tert-OH is 1. The van der Waals surface area contributed by atoms with E-state index in [9.17, 15) is 9.50 Å². The SMILES string of the molecule is OC(c1cccc(Cl)c1)c1cc2ccc(F)cc2s1. The van der Waals surface area contributed by atoms with E-state index in [0.717, 1.165) is 20.5 Å². The van der Waals surface area contributed by atoms with Crippen LogP contribution in [0, 0.1) is 5.82 Å². The van der Waals surface area contributed by atoms with Crippen LogP contribution < -0.4 is 0 Å². The Labute approximate surface area is 118 Å². The highest BCUT2D eigenvalue weighted by atomic mass is 35.5. The lowest BCUT2D eigenvalue weighted by Crippen LogP contribution is -1.96. The van der Waals surface area contributed by atoms with Crippen LogP contribution in [0.25, 0.3) is 10.1 Å². The lowest BCUT2D eigenvalue weighted by Gasteiger charge is -2.08. The fourth-order valence-corrected chi connectivity index (χ4v) is 3.30. The van der Waals surface area contributed by atoms with Gasteiger partial charge in [-0.25, -0.2) is 4.39 Å². The maximum Gasteiger partial charge on any atom is 0.124 e. The fraction of sp³-hybridized carbons (Fsp3) is 0.0667. The lowest BCUT2D eigenvalue weighted by atomic mass is 10.1. The van der Waals surface area contributed by atoms with E-state index in [0.29, 0.717) is 5.02 Å². The third kappa shape index (κ3) is 2.50. The molecule has 96 valence electrons. The molecule has 2 aromatic carbocycles. The van der Waals surface area contributed by atoms with Crippen LogP contribution in [-0.4, -0.2) is 5.11 Å². The van der Waals surface area contributed by atoms with Gasteiger partial charge in [-0.1, -0.05) is 29.8 Å². The number of halogens is 2. The molecule has 1 N–H and O–H groups in total. The smallest absolute Gasteiger partial charge is 0.124 e. The molecule has 0 aliphatic carbocycles. The van der Waals surface area contributed by atoms with Crippen molar-refractivity contribution in [3.63, 3.8) is 0 Å². The van der Waals surface area contributed by atoms with Gasteiger partial charge >= 0.3 is 0 Å². The Morgan fingerprint density at radius 3 is 2.74 bits per heavy atom. The average molecular weight is 293 g/mol. The highest BCUT2D eigenvalue weighted by Crippen LogP contribution is 2.34. The summed E-state index contributed by atoms with van der Waals surface area (Å²) in [7, 11) is 0. The molecule has 0 aliphatic heterocycles. The van der Waals surface area contributed by atoms with Gasteiger partial charge in [0.2, 0.25) is 0 Å². The number of benzene rings is 2. The molecule has 0 spiro atoms. The van der Waals surface area contributed by atoms with Crippen LogP contribution in [0.4, 0.5) is 4.39 Å². The minimum Gasteiger partial charge on any atom is -0.383 e. The standard InChI is InChI=1S/C15H10ClFOS/c16-11-3-1-2-10(6-11)15(18)14-7-9-4-5-12(17)8-13(9)19-14/h1-8,15,18H. The number of hydrogen-bond donors (Lipinski definition) is 1. The van der Waals surface area contributed by atoms with Gasteiger partial charge in [0.25, 0.3) is 0 Å². The molecule has 0 radical (unpaired) electrons. The molecule has 1 heterocycles. The van der Waals surface area contributed by atoms with Gasteiger partial charge in [0.1, 0.15) is 11.9 Å². The minimum atomic E-state index is -0.737. The molecule has 0 amide bonds. The highest BCUT2D eigenvalue weighted by Gasteiger charge is 2.14. The summed E-state index contributed by atoms with van der Waals surface area (Å²) in [6.07, 6.45) is -0.737. The summed E-state index contributed by atoms with van der Waals surface area (Å²) in [4.78, 5) is 0.780. The first-order valence-electron chi connectivity index (χ1n) is 5.76. The maximum absolute atomic E-state index is 13.1. The summed E-state index contributed by atoms with van der Waals surface area (Å²) in [6.45, 7) is 0. The Morgan fingerprint density at radius 2 is 1.95 bits per heavy atom. The molecular formula is C15H10ClFOS. The predicted molar refractivity (Wildman–Crippen MR) is 77.3 cm³/mol. The molecule has 0 saturated heterocycles. The van der Waals surface area contributed by atoms with Gasteiger partial charge < -0.3 is 5.11 Å². The van der Waals surface area contributed by atoms with Gasteiger partial charge in [-0.2, -0.15) is 0 Å². The summed E-state index contributed by atoms with van der Waals surface area (Å²) in [5, 5.41) is 11.9. The third-order valence-corrected chi connectivity index (χ3v) is 4.32. The van der Waals surface area contributed by atoms with Gasteiger partial charge in [-0.3, -0.25) is 0 Å². The second kappa shape index (κ2) is 4.93. The summed E-state index contributed by atoms with van der Waals surface area (Å²) in [6, 6.07) is 13.6. The van der Waals surface area contributed by atoms with E-state index >= 15 is 0 Å². The van der Waals surface area contributed by atoms with Crippen LogP contribution in [-0.2, 0) is 0 Å². The molecule has 1 unspecified atom stereocenters. The van der Waals surface area contributed by atoms with Crippen molar-refractivity contribution in [2.75, 3.05) is 0 Å². The van der Waals surface area contributed by atoms with Crippen LogP contribution in [0.5, 0.6) is 0 Å². The monoisotopic (exact) mass is 292 g/mol.